The van der Waals surface area contributed by atoms with Crippen LogP contribution < -0.4 is 5.32 Å². The highest BCUT2D eigenvalue weighted by atomic mass is 19.4. The quantitative estimate of drug-likeness (QED) is 0.703. The summed E-state index contributed by atoms with van der Waals surface area (Å²) < 4.78 is 35.2. The van der Waals surface area contributed by atoms with Crippen LogP contribution in [0.4, 0.5) is 18.0 Å². The van der Waals surface area contributed by atoms with Crippen molar-refractivity contribution in [2.45, 2.75) is 19.0 Å². The number of halogens is 3. The molecule has 0 aromatic heterocycles. The Morgan fingerprint density at radius 3 is 2.43 bits per heavy atom. The number of carbonyl (C=O) groups excluding carboxylic acids is 2. The summed E-state index contributed by atoms with van der Waals surface area (Å²) >= 11 is 0. The molecule has 0 atom stereocenters. The van der Waals surface area contributed by atoms with Crippen LogP contribution in [0.2, 0.25) is 0 Å². The van der Waals surface area contributed by atoms with E-state index >= 15 is 0 Å². The summed E-state index contributed by atoms with van der Waals surface area (Å²) in [4.78, 5) is 22.5. The van der Waals surface area contributed by atoms with Gasteiger partial charge in [-0.05, 0) is 6.42 Å². The summed E-state index contributed by atoms with van der Waals surface area (Å²) in [5.74, 6) is -0.470. The van der Waals surface area contributed by atoms with Crippen LogP contribution in [0, 0.1) is 0 Å². The van der Waals surface area contributed by atoms with Gasteiger partial charge in [-0.25, -0.2) is 4.79 Å². The molecule has 1 heterocycles. The number of carbonyl (C=O) groups is 2. The second-order valence-corrected chi connectivity index (χ2v) is 2.99. The number of imide groups is 1. The summed E-state index contributed by atoms with van der Waals surface area (Å²) in [5.41, 5.74) is 0. The van der Waals surface area contributed by atoms with Crippen LogP contribution in [0.3, 0.4) is 0 Å². The molecule has 0 aromatic carbocycles. The van der Waals surface area contributed by atoms with Gasteiger partial charge >= 0.3 is 12.2 Å². The van der Waals surface area contributed by atoms with Crippen LogP contribution in [0.5, 0.6) is 0 Å². The minimum atomic E-state index is -4.21. The zero-order valence-corrected chi connectivity index (χ0v) is 7.23. The van der Waals surface area contributed by atoms with Gasteiger partial charge in [-0.3, -0.25) is 10.1 Å². The van der Waals surface area contributed by atoms with E-state index in [0.29, 0.717) is 0 Å². The summed E-state index contributed by atoms with van der Waals surface area (Å²) in [5, 5.41) is 1.98. The Labute approximate surface area is 78.1 Å². The molecule has 1 fully saturated rings. The zero-order chi connectivity index (χ0) is 10.8. The van der Waals surface area contributed by atoms with Crippen LogP contribution in [0.25, 0.3) is 0 Å². The Balaban J connectivity index is 2.26. The smallest absolute Gasteiger partial charge is 0.315 e. The summed E-state index contributed by atoms with van der Waals surface area (Å²) in [6.45, 7) is -0.187. The van der Waals surface area contributed by atoms with Crippen LogP contribution in [0.15, 0.2) is 0 Å². The molecule has 0 aromatic rings. The highest BCUT2D eigenvalue weighted by Gasteiger charge is 2.29. The van der Waals surface area contributed by atoms with E-state index in [-0.39, 0.29) is 19.5 Å². The highest BCUT2D eigenvalue weighted by molar-refractivity contribution is 6.01. The Morgan fingerprint density at radius 1 is 1.36 bits per heavy atom. The molecule has 1 N–H and O–H groups in total. The van der Waals surface area contributed by atoms with Gasteiger partial charge in [0.2, 0.25) is 5.91 Å². The second-order valence-electron chi connectivity index (χ2n) is 2.99. The van der Waals surface area contributed by atoms with E-state index < -0.39 is 24.5 Å². The van der Waals surface area contributed by atoms with Gasteiger partial charge in [-0.2, -0.15) is 13.2 Å². The number of alkyl halides is 3. The molecule has 0 saturated carbocycles. The third kappa shape index (κ3) is 3.23. The van der Waals surface area contributed by atoms with Crippen molar-refractivity contribution >= 4 is 11.9 Å². The third-order valence-corrected chi connectivity index (χ3v) is 1.76. The second kappa shape index (κ2) is 3.85. The van der Waals surface area contributed by atoms with Crippen molar-refractivity contribution in [1.29, 1.82) is 0 Å². The van der Waals surface area contributed by atoms with Crippen LogP contribution in [0.1, 0.15) is 12.8 Å². The lowest BCUT2D eigenvalue weighted by Gasteiger charge is -2.13. The molecule has 1 aliphatic rings. The SMILES string of the molecule is O=C1CN(CCCC(F)(F)F)C(=O)N1. The fourth-order valence-electron chi connectivity index (χ4n) is 1.13. The van der Waals surface area contributed by atoms with E-state index in [1.807, 2.05) is 5.32 Å². The first kappa shape index (κ1) is 10.8. The Kier molecular flexibility index (Phi) is 2.97. The van der Waals surface area contributed by atoms with E-state index in [1.165, 1.54) is 0 Å². The topological polar surface area (TPSA) is 49.4 Å². The molecule has 7 heteroatoms. The van der Waals surface area contributed by atoms with Gasteiger partial charge < -0.3 is 4.90 Å². The highest BCUT2D eigenvalue weighted by Crippen LogP contribution is 2.21. The van der Waals surface area contributed by atoms with Crippen molar-refractivity contribution in [2.24, 2.45) is 0 Å². The van der Waals surface area contributed by atoms with Crippen molar-refractivity contribution in [1.82, 2.24) is 10.2 Å². The first-order chi connectivity index (χ1) is 6.38. The number of amides is 3. The van der Waals surface area contributed by atoms with Gasteiger partial charge in [-0.15, -0.1) is 0 Å². The number of nitrogens with one attached hydrogen (secondary N) is 1. The molecule has 4 nitrogen and oxygen atoms in total. The first-order valence-electron chi connectivity index (χ1n) is 4.04. The van der Waals surface area contributed by atoms with Crippen molar-refractivity contribution in [3.63, 3.8) is 0 Å². The van der Waals surface area contributed by atoms with Crippen LogP contribution in [-0.2, 0) is 4.79 Å². The molecule has 3 amide bonds. The van der Waals surface area contributed by atoms with E-state index in [2.05, 4.69) is 0 Å². The molecule has 0 spiro atoms. The van der Waals surface area contributed by atoms with Crippen LogP contribution >= 0.6 is 0 Å². The van der Waals surface area contributed by atoms with E-state index in [4.69, 9.17) is 0 Å². The minimum Gasteiger partial charge on any atom is -0.315 e. The molecule has 1 rings (SSSR count). The fraction of sp³-hybridized carbons (Fsp3) is 0.714. The maximum atomic E-state index is 11.7. The largest absolute Gasteiger partial charge is 0.389 e. The van der Waals surface area contributed by atoms with E-state index in [0.717, 1.165) is 4.90 Å². The normalized spacial score (nSPS) is 17.5. The van der Waals surface area contributed by atoms with Gasteiger partial charge in [0.1, 0.15) is 6.54 Å². The van der Waals surface area contributed by atoms with Crippen molar-refractivity contribution in [2.75, 3.05) is 13.1 Å². The van der Waals surface area contributed by atoms with E-state index in [1.54, 1.807) is 0 Å². The molecular formula is C7H9F3N2O2. The lowest BCUT2D eigenvalue weighted by Crippen LogP contribution is -2.29. The van der Waals surface area contributed by atoms with Gasteiger partial charge in [0.15, 0.2) is 0 Å². The number of rotatable bonds is 3. The fourth-order valence-corrected chi connectivity index (χ4v) is 1.13. The minimum absolute atomic E-state index is 0.0446. The standard InChI is InChI=1S/C7H9F3N2O2/c8-7(9,10)2-1-3-12-4-5(13)11-6(12)14/h1-4H2,(H,11,13,14). The maximum Gasteiger partial charge on any atom is 0.389 e. The van der Waals surface area contributed by atoms with Gasteiger partial charge in [-0.1, -0.05) is 0 Å². The molecule has 0 unspecified atom stereocenters. The Hall–Kier alpha value is -1.27. The monoisotopic (exact) mass is 210 g/mol. The first-order valence-corrected chi connectivity index (χ1v) is 4.04. The number of hydrogen-bond acceptors (Lipinski definition) is 2. The number of hydrogen-bond donors (Lipinski definition) is 1. The molecule has 0 aliphatic carbocycles. The lowest BCUT2D eigenvalue weighted by molar-refractivity contribution is -0.135. The molecule has 0 radical (unpaired) electrons. The van der Waals surface area contributed by atoms with Gasteiger partial charge in [0, 0.05) is 13.0 Å². The molecule has 1 aliphatic heterocycles. The molecule has 0 bridgehead atoms. The average Bonchev–Trinajstić information content (AvgIpc) is 2.27. The predicted molar refractivity (Wildman–Crippen MR) is 40.4 cm³/mol. The summed E-state index contributed by atoms with van der Waals surface area (Å²) in [6, 6.07) is -0.614. The van der Waals surface area contributed by atoms with Crippen molar-refractivity contribution in [3.8, 4) is 0 Å². The summed E-state index contributed by atoms with van der Waals surface area (Å²) in [6.07, 6.45) is -5.32. The molecule has 14 heavy (non-hydrogen) atoms. The molecule has 80 valence electrons. The number of urea groups is 1. The predicted octanol–water partition coefficient (Wildman–Crippen LogP) is 0.881. The molecule has 1 saturated heterocycles. The lowest BCUT2D eigenvalue weighted by atomic mass is 10.3. The average molecular weight is 210 g/mol. The Morgan fingerprint density at radius 2 is 2.00 bits per heavy atom. The molecular weight excluding hydrogens is 201 g/mol. The zero-order valence-electron chi connectivity index (χ0n) is 7.23. The van der Waals surface area contributed by atoms with E-state index in [9.17, 15) is 22.8 Å². The number of nitrogens with zero attached hydrogens (tertiary/aromatic N) is 1. The van der Waals surface area contributed by atoms with Gasteiger partial charge in [0.25, 0.3) is 0 Å². The van der Waals surface area contributed by atoms with Crippen molar-refractivity contribution in [3.05, 3.63) is 0 Å². The Bertz CT molecular complexity index is 252. The summed E-state index contributed by atoms with van der Waals surface area (Å²) in [7, 11) is 0. The van der Waals surface area contributed by atoms with Crippen molar-refractivity contribution < 1.29 is 22.8 Å². The third-order valence-electron chi connectivity index (χ3n) is 1.76. The maximum absolute atomic E-state index is 11.7. The van der Waals surface area contributed by atoms with Crippen LogP contribution in [-0.4, -0.2) is 36.1 Å². The van der Waals surface area contributed by atoms with Gasteiger partial charge in [0.05, 0.1) is 0 Å².